The van der Waals surface area contributed by atoms with Crippen molar-refractivity contribution in [2.45, 2.75) is 129 Å². The first-order valence-corrected chi connectivity index (χ1v) is 19.8. The molecule has 7 aliphatic carbocycles. The number of allylic oxidation sites excluding steroid dienone is 4. The molecule has 8 atom stereocenters. The Hall–Kier alpha value is -2.96. The fraction of sp³-hybridized carbons (Fsp3) is 0.636. The lowest BCUT2D eigenvalue weighted by Gasteiger charge is -2.71. The van der Waals surface area contributed by atoms with Gasteiger partial charge in [-0.25, -0.2) is 4.79 Å². The number of carbonyl (C=O) groups excluding carboxylic acids is 2. The van der Waals surface area contributed by atoms with Gasteiger partial charge in [0.25, 0.3) is 0 Å². The molecule has 50 heavy (non-hydrogen) atoms. The number of carbonyl (C=O) groups is 2. The third-order valence-corrected chi connectivity index (χ3v) is 15.3. The minimum absolute atomic E-state index is 0.0310. The number of amides is 2. The predicted molar refractivity (Wildman–Crippen MR) is 198 cm³/mol. The van der Waals surface area contributed by atoms with Crippen LogP contribution < -0.4 is 5.32 Å². The number of hydrogen-bond acceptors (Lipinski definition) is 4. The Bertz CT molecular complexity index is 1740. The summed E-state index contributed by atoms with van der Waals surface area (Å²) in [6, 6.07) is 14.4. The molecule has 2 amide bonds. The Kier molecular flexibility index (Phi) is 8.23. The number of Topliss-reactive ketones (excluding diaryl/α,β-unsaturated/α-hetero) is 1. The number of aliphatic hydroxyl groups is 2. The smallest absolute Gasteiger partial charge is 0.317 e. The van der Waals surface area contributed by atoms with Gasteiger partial charge in [0.05, 0.1) is 18.2 Å². The number of nitrogens with one attached hydrogen (secondary N) is 1. The summed E-state index contributed by atoms with van der Waals surface area (Å²) in [5.41, 5.74) is -0.308. The second kappa shape index (κ2) is 12.0. The van der Waals surface area contributed by atoms with E-state index in [0.717, 1.165) is 79.7 Å². The van der Waals surface area contributed by atoms with E-state index in [0.29, 0.717) is 25.2 Å². The summed E-state index contributed by atoms with van der Waals surface area (Å²) in [6.07, 6.45) is 17.9. The molecule has 0 saturated heterocycles. The Balaban J connectivity index is 1.19. The fourth-order valence-electron chi connectivity index (χ4n) is 12.7. The predicted octanol–water partition coefficient (Wildman–Crippen LogP) is 8.50. The van der Waals surface area contributed by atoms with Gasteiger partial charge in [-0.05, 0) is 105 Å². The number of urea groups is 1. The van der Waals surface area contributed by atoms with Gasteiger partial charge in [-0.3, -0.25) is 4.79 Å². The van der Waals surface area contributed by atoms with Crippen molar-refractivity contribution in [1.29, 1.82) is 0 Å². The van der Waals surface area contributed by atoms with Crippen LogP contribution in [0.15, 0.2) is 66.3 Å². The monoisotopic (exact) mass is 678 g/mol. The molecule has 6 nitrogen and oxygen atoms in total. The maximum Gasteiger partial charge on any atom is 0.317 e. The number of aliphatic hydroxyl groups excluding tert-OH is 1. The average Bonchev–Trinajstić information content (AvgIpc) is 3.37. The zero-order valence-electron chi connectivity index (χ0n) is 30.7. The molecular weight excluding hydrogens is 620 g/mol. The molecule has 0 aromatic heterocycles. The topological polar surface area (TPSA) is 89.9 Å². The van der Waals surface area contributed by atoms with Crippen molar-refractivity contribution >= 4 is 22.6 Å². The van der Waals surface area contributed by atoms with Crippen LogP contribution in [0, 0.1) is 39.4 Å². The Labute approximate surface area is 298 Å². The summed E-state index contributed by atoms with van der Waals surface area (Å²) in [7, 11) is 0. The van der Waals surface area contributed by atoms with Gasteiger partial charge in [-0.15, -0.1) is 0 Å². The lowest BCUT2D eigenvalue weighted by atomic mass is 9.32. The van der Waals surface area contributed by atoms with E-state index in [-0.39, 0.29) is 53.3 Å². The van der Waals surface area contributed by atoms with Crippen LogP contribution in [-0.2, 0) is 11.3 Å². The van der Waals surface area contributed by atoms with Crippen molar-refractivity contribution in [1.82, 2.24) is 10.2 Å². The maximum absolute atomic E-state index is 14.9. The number of hydrogen-bond donors (Lipinski definition) is 3. The molecule has 6 heteroatoms. The summed E-state index contributed by atoms with van der Waals surface area (Å²) < 4.78 is 0. The molecule has 4 saturated carbocycles. The molecule has 0 radical (unpaired) electrons. The summed E-state index contributed by atoms with van der Waals surface area (Å²) >= 11 is 0. The molecule has 9 rings (SSSR count). The third-order valence-electron chi connectivity index (χ3n) is 15.3. The minimum Gasteiger partial charge on any atom is -0.393 e. The van der Waals surface area contributed by atoms with Crippen LogP contribution in [0.4, 0.5) is 4.79 Å². The maximum atomic E-state index is 14.9. The van der Waals surface area contributed by atoms with E-state index in [2.05, 4.69) is 67.7 Å². The van der Waals surface area contributed by atoms with Gasteiger partial charge < -0.3 is 20.4 Å². The molecule has 2 spiro atoms. The van der Waals surface area contributed by atoms with Crippen LogP contribution >= 0.6 is 0 Å². The van der Waals surface area contributed by atoms with Crippen LogP contribution in [0.5, 0.6) is 0 Å². The quantitative estimate of drug-likeness (QED) is 0.256. The highest BCUT2D eigenvalue weighted by Gasteiger charge is 2.74. The van der Waals surface area contributed by atoms with Crippen molar-refractivity contribution in [3.05, 3.63) is 71.8 Å². The fourth-order valence-corrected chi connectivity index (χ4v) is 12.7. The molecule has 0 heterocycles. The van der Waals surface area contributed by atoms with Gasteiger partial charge in [0.15, 0.2) is 5.78 Å². The summed E-state index contributed by atoms with van der Waals surface area (Å²) in [6.45, 7) is 9.35. The highest BCUT2D eigenvalue weighted by atomic mass is 16.3. The first-order valence-electron chi connectivity index (χ1n) is 19.8. The van der Waals surface area contributed by atoms with E-state index in [1.807, 2.05) is 30.9 Å². The molecule has 4 fully saturated rings. The molecule has 2 aromatic rings. The van der Waals surface area contributed by atoms with Crippen molar-refractivity contribution < 1.29 is 19.8 Å². The van der Waals surface area contributed by atoms with E-state index >= 15 is 0 Å². The van der Waals surface area contributed by atoms with E-state index in [1.165, 1.54) is 6.42 Å². The van der Waals surface area contributed by atoms with Crippen molar-refractivity contribution in [3.8, 4) is 0 Å². The lowest BCUT2D eigenvalue weighted by Crippen LogP contribution is -2.67. The van der Waals surface area contributed by atoms with Crippen LogP contribution in [-0.4, -0.2) is 51.2 Å². The van der Waals surface area contributed by atoms with Crippen molar-refractivity contribution in [2.75, 3.05) is 6.54 Å². The molecule has 7 aliphatic rings. The molecule has 268 valence electrons. The highest BCUT2D eigenvalue weighted by Crippen LogP contribution is 2.78. The first-order chi connectivity index (χ1) is 23.9. The van der Waals surface area contributed by atoms with E-state index in [4.69, 9.17) is 0 Å². The highest BCUT2D eigenvalue weighted by molar-refractivity contribution is 6.00. The van der Waals surface area contributed by atoms with Crippen molar-refractivity contribution in [3.63, 3.8) is 0 Å². The van der Waals surface area contributed by atoms with Gasteiger partial charge in [-0.2, -0.15) is 0 Å². The second-order valence-electron chi connectivity index (χ2n) is 18.1. The Morgan fingerprint density at radius 1 is 0.880 bits per heavy atom. The second-order valence-corrected chi connectivity index (χ2v) is 18.1. The molecule has 8 unspecified atom stereocenters. The van der Waals surface area contributed by atoms with Crippen LogP contribution in [0.25, 0.3) is 10.8 Å². The van der Waals surface area contributed by atoms with E-state index in [1.54, 1.807) is 0 Å². The Morgan fingerprint density at radius 2 is 1.58 bits per heavy atom. The first kappa shape index (κ1) is 34.1. The van der Waals surface area contributed by atoms with Crippen molar-refractivity contribution in [2.24, 2.45) is 39.4 Å². The lowest BCUT2D eigenvalue weighted by molar-refractivity contribution is -0.178. The standard InChI is InChI=1S/C44H58N2O4/c1-29(2)45-39(49)46(27-32-15-10-14-30-11-8-9-16-34(30)32)28-43(50)22-19-37-41(43,4)21-18-36-40(3)20-17-33(47)25-42(40)23-24-44(36,37)35(26-42)38(48)31-12-6-5-7-13-31/h8-11,14-16,23-24,26,29,31,33,36-37,47,50H,5-7,12-13,17-22,25,27-28H2,1-4H3,(H,45,49). The number of nitrogens with zero attached hydrogens (tertiary/aromatic N) is 1. The molecule has 3 N–H and O–H groups in total. The van der Waals surface area contributed by atoms with Gasteiger partial charge >= 0.3 is 6.03 Å². The minimum atomic E-state index is -1.11. The number of ketones is 1. The molecule has 2 aromatic carbocycles. The number of rotatable bonds is 7. The molecule has 0 aliphatic heterocycles. The normalized spacial score (nSPS) is 39.1. The summed E-state index contributed by atoms with van der Waals surface area (Å²) in [5.74, 6) is 0.785. The van der Waals surface area contributed by atoms with Gasteiger partial charge in [0.1, 0.15) is 0 Å². The van der Waals surface area contributed by atoms with Crippen LogP contribution in [0.2, 0.25) is 0 Å². The van der Waals surface area contributed by atoms with Crippen LogP contribution in [0.1, 0.15) is 110 Å². The zero-order valence-corrected chi connectivity index (χ0v) is 30.7. The Morgan fingerprint density at radius 3 is 2.36 bits per heavy atom. The molecule has 2 bridgehead atoms. The van der Waals surface area contributed by atoms with E-state index < -0.39 is 16.4 Å². The zero-order chi connectivity index (χ0) is 35.1. The number of benzene rings is 2. The van der Waals surface area contributed by atoms with E-state index in [9.17, 15) is 19.8 Å². The third kappa shape index (κ3) is 4.86. The van der Waals surface area contributed by atoms with Crippen LogP contribution in [0.3, 0.4) is 0 Å². The average molecular weight is 679 g/mol. The summed E-state index contributed by atoms with van der Waals surface area (Å²) in [5, 5.41) is 29.6. The van der Waals surface area contributed by atoms with Gasteiger partial charge in [-0.1, -0.05) is 93.8 Å². The summed E-state index contributed by atoms with van der Waals surface area (Å²) in [4.78, 5) is 30.8. The number of fused-ring (bicyclic) bond motifs is 2. The SMILES string of the molecule is CC(C)NC(=O)N(Cc1cccc2ccccc12)CC1(O)CCC2C34C=CC5(C=C3C(=O)C3CCCCC3)CC(O)CCC5(C)C4CCC21C. The molecular formula is C44H58N2O4. The van der Waals surface area contributed by atoms with Gasteiger partial charge in [0, 0.05) is 40.3 Å². The largest absolute Gasteiger partial charge is 0.393 e. The van der Waals surface area contributed by atoms with Gasteiger partial charge in [0.2, 0.25) is 0 Å².